The summed E-state index contributed by atoms with van der Waals surface area (Å²) in [6.07, 6.45) is 13.8. The second kappa shape index (κ2) is 8.94. The Bertz CT molecular complexity index is 616. The van der Waals surface area contributed by atoms with Crippen LogP contribution in [0, 0.1) is 58.2 Å². The van der Waals surface area contributed by atoms with Crippen LogP contribution in [-0.2, 0) is 0 Å². The fourth-order valence-electron chi connectivity index (χ4n) is 9.63. The molecular formula is C29H52O2. The fourth-order valence-corrected chi connectivity index (χ4v) is 9.63. The van der Waals surface area contributed by atoms with Gasteiger partial charge in [0.05, 0.1) is 12.2 Å². The maximum atomic E-state index is 11.5. The van der Waals surface area contributed by atoms with Crippen molar-refractivity contribution in [2.45, 2.75) is 124 Å². The van der Waals surface area contributed by atoms with Gasteiger partial charge in [-0.1, -0.05) is 48.0 Å². The van der Waals surface area contributed by atoms with Gasteiger partial charge in [0.15, 0.2) is 0 Å². The van der Waals surface area contributed by atoms with Gasteiger partial charge in [-0.2, -0.15) is 0 Å². The van der Waals surface area contributed by atoms with Crippen molar-refractivity contribution in [2.75, 3.05) is 0 Å². The van der Waals surface area contributed by atoms with Crippen LogP contribution < -0.4 is 0 Å². The lowest BCUT2D eigenvalue weighted by Crippen LogP contribution is -2.58. The van der Waals surface area contributed by atoms with Gasteiger partial charge in [0.25, 0.3) is 0 Å². The molecule has 0 aromatic heterocycles. The zero-order valence-corrected chi connectivity index (χ0v) is 21.4. The van der Waals surface area contributed by atoms with Gasteiger partial charge in [0.1, 0.15) is 0 Å². The van der Waals surface area contributed by atoms with Crippen molar-refractivity contribution in [3.05, 3.63) is 0 Å². The molecule has 0 aromatic rings. The van der Waals surface area contributed by atoms with E-state index in [1.807, 2.05) is 0 Å². The molecule has 0 saturated heterocycles. The highest BCUT2D eigenvalue weighted by atomic mass is 16.3. The lowest BCUT2D eigenvalue weighted by molar-refractivity contribution is -0.169. The van der Waals surface area contributed by atoms with Crippen LogP contribution >= 0.6 is 0 Å². The van der Waals surface area contributed by atoms with Gasteiger partial charge in [-0.25, -0.2) is 0 Å². The summed E-state index contributed by atoms with van der Waals surface area (Å²) in [5.41, 5.74) is 0.871. The van der Waals surface area contributed by atoms with E-state index in [2.05, 4.69) is 41.5 Å². The Morgan fingerprint density at radius 2 is 1.55 bits per heavy atom. The third kappa shape index (κ3) is 4.05. The Morgan fingerprint density at radius 1 is 0.871 bits per heavy atom. The summed E-state index contributed by atoms with van der Waals surface area (Å²) < 4.78 is 0. The van der Waals surface area contributed by atoms with Crippen LogP contribution in [0.15, 0.2) is 0 Å². The normalized spacial score (nSPS) is 49.3. The predicted octanol–water partition coefficient (Wildman–Crippen LogP) is 7.08. The minimum Gasteiger partial charge on any atom is -0.393 e. The van der Waals surface area contributed by atoms with E-state index in [1.54, 1.807) is 0 Å². The number of hydrogen-bond donors (Lipinski definition) is 2. The molecule has 4 saturated carbocycles. The van der Waals surface area contributed by atoms with Crippen LogP contribution in [0.3, 0.4) is 0 Å². The first kappa shape index (κ1) is 24.1. The van der Waals surface area contributed by atoms with Crippen LogP contribution in [0.25, 0.3) is 0 Å². The van der Waals surface area contributed by atoms with Crippen LogP contribution in [0.4, 0.5) is 0 Å². The molecule has 0 heterocycles. The average molecular weight is 433 g/mol. The maximum Gasteiger partial charge on any atom is 0.0577 e. The molecule has 4 aliphatic rings. The Kier molecular flexibility index (Phi) is 6.93. The van der Waals surface area contributed by atoms with Crippen molar-refractivity contribution >= 4 is 0 Å². The molecule has 4 fully saturated rings. The van der Waals surface area contributed by atoms with Gasteiger partial charge < -0.3 is 10.2 Å². The van der Waals surface area contributed by atoms with Gasteiger partial charge in [0.2, 0.25) is 0 Å². The fraction of sp³-hybridized carbons (Fsp3) is 1.00. The Morgan fingerprint density at radius 3 is 2.23 bits per heavy atom. The zero-order valence-electron chi connectivity index (χ0n) is 21.4. The number of hydrogen-bond acceptors (Lipinski definition) is 2. The molecule has 0 bridgehead atoms. The second-order valence-electron chi connectivity index (χ2n) is 13.4. The molecule has 4 aliphatic carbocycles. The summed E-state index contributed by atoms with van der Waals surface area (Å²) in [6.45, 7) is 14.3. The largest absolute Gasteiger partial charge is 0.393 e. The Labute approximate surface area is 193 Å². The summed E-state index contributed by atoms with van der Waals surface area (Å²) in [5.74, 6) is 5.46. The third-order valence-corrected chi connectivity index (χ3v) is 11.8. The molecule has 2 N–H and O–H groups in total. The van der Waals surface area contributed by atoms with E-state index in [0.717, 1.165) is 42.9 Å². The van der Waals surface area contributed by atoms with Gasteiger partial charge in [-0.3, -0.25) is 0 Å². The molecule has 31 heavy (non-hydrogen) atoms. The molecule has 2 nitrogen and oxygen atoms in total. The summed E-state index contributed by atoms with van der Waals surface area (Å²) in [6, 6.07) is 0. The first-order valence-electron chi connectivity index (χ1n) is 14.0. The molecule has 2 heteroatoms. The van der Waals surface area contributed by atoms with E-state index >= 15 is 0 Å². The Balaban J connectivity index is 1.49. The van der Waals surface area contributed by atoms with Crippen LogP contribution in [-0.4, -0.2) is 22.4 Å². The van der Waals surface area contributed by atoms with Crippen molar-refractivity contribution in [1.29, 1.82) is 0 Å². The molecule has 11 atom stereocenters. The molecule has 4 rings (SSSR count). The van der Waals surface area contributed by atoms with Crippen LogP contribution in [0.1, 0.15) is 112 Å². The predicted molar refractivity (Wildman–Crippen MR) is 130 cm³/mol. The average Bonchev–Trinajstić information content (AvgIpc) is 3.09. The van der Waals surface area contributed by atoms with E-state index in [-0.39, 0.29) is 12.2 Å². The standard InChI is InChI=1S/C29H52O2/c1-7-20-12-14-28(5)21(16-20)17-26(31)27-23-10-9-22(29(23,6)15-13-24(27)28)19(4)8-11-25(30)18(2)3/h18-27,30-31H,7-17H2,1-6H3/t19?,20?,21-,22?,23?,24?,25?,26-,27?,28?,29?/m1/s1. The van der Waals surface area contributed by atoms with E-state index in [4.69, 9.17) is 0 Å². The summed E-state index contributed by atoms with van der Waals surface area (Å²) >= 11 is 0. The molecule has 0 aliphatic heterocycles. The smallest absolute Gasteiger partial charge is 0.0577 e. The van der Waals surface area contributed by atoms with E-state index in [0.29, 0.717) is 34.5 Å². The van der Waals surface area contributed by atoms with Crippen molar-refractivity contribution in [1.82, 2.24) is 0 Å². The molecule has 0 radical (unpaired) electrons. The lowest BCUT2D eigenvalue weighted by Gasteiger charge is -2.62. The van der Waals surface area contributed by atoms with Crippen molar-refractivity contribution < 1.29 is 10.2 Å². The van der Waals surface area contributed by atoms with E-state index in [9.17, 15) is 10.2 Å². The first-order valence-corrected chi connectivity index (χ1v) is 14.0. The van der Waals surface area contributed by atoms with Crippen LogP contribution in [0.2, 0.25) is 0 Å². The lowest BCUT2D eigenvalue weighted by atomic mass is 9.43. The highest BCUT2D eigenvalue weighted by Gasteiger charge is 2.62. The summed E-state index contributed by atoms with van der Waals surface area (Å²) in [5, 5.41) is 21.9. The third-order valence-electron chi connectivity index (χ3n) is 11.8. The van der Waals surface area contributed by atoms with Gasteiger partial charge in [-0.15, -0.1) is 0 Å². The molecule has 180 valence electrons. The van der Waals surface area contributed by atoms with Crippen LogP contribution in [0.5, 0.6) is 0 Å². The SMILES string of the molecule is CCC1CCC2(C)C3CCC4(C)C(C(C)CCC(O)C(C)C)CCC4C3[C@H](O)C[C@H]2C1. The van der Waals surface area contributed by atoms with E-state index < -0.39 is 0 Å². The van der Waals surface area contributed by atoms with Crippen molar-refractivity contribution in [2.24, 2.45) is 58.2 Å². The number of fused-ring (bicyclic) bond motifs is 5. The summed E-state index contributed by atoms with van der Waals surface area (Å²) in [7, 11) is 0. The molecule has 0 aromatic carbocycles. The van der Waals surface area contributed by atoms with Gasteiger partial charge in [-0.05, 0) is 122 Å². The minimum atomic E-state index is -0.154. The highest BCUT2D eigenvalue weighted by molar-refractivity contribution is 5.11. The zero-order chi connectivity index (χ0) is 22.6. The van der Waals surface area contributed by atoms with E-state index in [1.165, 1.54) is 51.4 Å². The van der Waals surface area contributed by atoms with Gasteiger partial charge in [0, 0.05) is 0 Å². The Hall–Kier alpha value is -0.0800. The second-order valence-corrected chi connectivity index (χ2v) is 13.4. The number of rotatable bonds is 6. The molecule has 0 spiro atoms. The monoisotopic (exact) mass is 432 g/mol. The van der Waals surface area contributed by atoms with Gasteiger partial charge >= 0.3 is 0 Å². The highest BCUT2D eigenvalue weighted by Crippen LogP contribution is 2.68. The molecular weight excluding hydrogens is 380 g/mol. The number of aliphatic hydroxyl groups is 2. The quantitative estimate of drug-likeness (QED) is 0.471. The first-order chi connectivity index (χ1) is 14.6. The minimum absolute atomic E-state index is 0.0693. The van der Waals surface area contributed by atoms with Crippen molar-refractivity contribution in [3.8, 4) is 0 Å². The molecule has 0 amide bonds. The molecule has 9 unspecified atom stereocenters. The maximum absolute atomic E-state index is 11.5. The van der Waals surface area contributed by atoms with Crippen molar-refractivity contribution in [3.63, 3.8) is 0 Å². The summed E-state index contributed by atoms with van der Waals surface area (Å²) in [4.78, 5) is 0. The topological polar surface area (TPSA) is 40.5 Å². The number of aliphatic hydroxyl groups excluding tert-OH is 2.